The molecule has 0 saturated carbocycles. The standard InChI is InChI=1S/C19H17N5OS2/c1-11-3-5-13(6-4-11)18-22-23-19(26)24(18)10-17(25)21-14-7-8-15-16(9-14)27-12(2)20-15/h3-9H,10H2,1-2H3,(H,21,25)(H,23,26). The van der Waals surface area contributed by atoms with Gasteiger partial charge in [0.1, 0.15) is 6.54 Å². The highest BCUT2D eigenvalue weighted by atomic mass is 32.1. The molecule has 0 bridgehead atoms. The molecular formula is C19H17N5OS2. The summed E-state index contributed by atoms with van der Waals surface area (Å²) >= 11 is 6.91. The second kappa shape index (κ2) is 7.05. The molecule has 0 unspecified atom stereocenters. The Labute approximate surface area is 164 Å². The van der Waals surface area contributed by atoms with Gasteiger partial charge < -0.3 is 5.32 Å². The van der Waals surface area contributed by atoms with Crippen LogP contribution in [0.1, 0.15) is 10.6 Å². The summed E-state index contributed by atoms with van der Waals surface area (Å²) in [6.45, 7) is 4.07. The molecule has 0 radical (unpaired) electrons. The van der Waals surface area contributed by atoms with E-state index in [0.717, 1.165) is 32.0 Å². The number of nitrogens with zero attached hydrogens (tertiary/aromatic N) is 3. The monoisotopic (exact) mass is 395 g/mol. The SMILES string of the molecule is Cc1ccc(-c2n[nH]c(=S)n2CC(=O)Nc2ccc3nc(C)sc3c2)cc1. The van der Waals surface area contributed by atoms with Crippen molar-refractivity contribution in [3.05, 3.63) is 57.8 Å². The van der Waals surface area contributed by atoms with Crippen LogP contribution in [-0.4, -0.2) is 25.7 Å². The highest BCUT2D eigenvalue weighted by Crippen LogP contribution is 2.25. The molecule has 4 rings (SSSR count). The maximum absolute atomic E-state index is 12.6. The maximum atomic E-state index is 12.6. The molecular weight excluding hydrogens is 378 g/mol. The van der Waals surface area contributed by atoms with Crippen LogP contribution in [0.25, 0.3) is 21.6 Å². The highest BCUT2D eigenvalue weighted by Gasteiger charge is 2.13. The topological polar surface area (TPSA) is 75.6 Å². The summed E-state index contributed by atoms with van der Waals surface area (Å²) in [5, 5.41) is 11.0. The molecule has 0 aliphatic heterocycles. The van der Waals surface area contributed by atoms with Crippen LogP contribution in [0.3, 0.4) is 0 Å². The van der Waals surface area contributed by atoms with E-state index in [9.17, 15) is 4.79 Å². The van der Waals surface area contributed by atoms with Crippen molar-refractivity contribution in [2.45, 2.75) is 20.4 Å². The first kappa shape index (κ1) is 17.6. The second-order valence-electron chi connectivity index (χ2n) is 6.27. The van der Waals surface area contributed by atoms with Gasteiger partial charge in [-0.2, -0.15) is 5.10 Å². The number of carbonyl (C=O) groups is 1. The first-order valence-corrected chi connectivity index (χ1v) is 9.61. The normalized spacial score (nSPS) is 11.0. The van der Waals surface area contributed by atoms with Crippen LogP contribution in [0.4, 0.5) is 5.69 Å². The molecule has 0 fully saturated rings. The van der Waals surface area contributed by atoms with Crippen LogP contribution in [0, 0.1) is 18.6 Å². The lowest BCUT2D eigenvalue weighted by Gasteiger charge is -2.08. The van der Waals surface area contributed by atoms with Crippen molar-refractivity contribution in [3.63, 3.8) is 0 Å². The zero-order valence-electron chi connectivity index (χ0n) is 14.8. The predicted molar refractivity (Wildman–Crippen MR) is 111 cm³/mol. The van der Waals surface area contributed by atoms with Gasteiger partial charge >= 0.3 is 0 Å². The molecule has 136 valence electrons. The number of carbonyl (C=O) groups excluding carboxylic acids is 1. The van der Waals surface area contributed by atoms with Crippen LogP contribution in [0.5, 0.6) is 0 Å². The Bertz CT molecular complexity index is 1190. The lowest BCUT2D eigenvalue weighted by Crippen LogP contribution is -2.19. The van der Waals surface area contributed by atoms with Crippen molar-refractivity contribution in [2.75, 3.05) is 5.32 Å². The molecule has 1 amide bonds. The Hall–Kier alpha value is -2.84. The second-order valence-corrected chi connectivity index (χ2v) is 7.89. The molecule has 0 atom stereocenters. The molecule has 27 heavy (non-hydrogen) atoms. The minimum absolute atomic E-state index is 0.0816. The van der Waals surface area contributed by atoms with Gasteiger partial charge in [-0.3, -0.25) is 14.5 Å². The van der Waals surface area contributed by atoms with E-state index in [4.69, 9.17) is 12.2 Å². The number of aromatic nitrogens is 4. The average molecular weight is 396 g/mol. The number of benzene rings is 2. The van der Waals surface area contributed by atoms with E-state index >= 15 is 0 Å². The number of nitrogens with one attached hydrogen (secondary N) is 2. The summed E-state index contributed by atoms with van der Waals surface area (Å²) in [5.74, 6) is 0.477. The predicted octanol–water partition coefficient (Wildman–Crippen LogP) is 4.47. The third-order valence-electron chi connectivity index (χ3n) is 4.15. The number of thiazole rings is 1. The number of rotatable bonds is 4. The number of hydrogen-bond acceptors (Lipinski definition) is 5. The largest absolute Gasteiger partial charge is 0.324 e. The van der Waals surface area contributed by atoms with Crippen molar-refractivity contribution >= 4 is 45.4 Å². The van der Waals surface area contributed by atoms with Gasteiger partial charge in [0.15, 0.2) is 10.6 Å². The molecule has 2 aromatic carbocycles. The lowest BCUT2D eigenvalue weighted by atomic mass is 10.1. The molecule has 8 heteroatoms. The van der Waals surface area contributed by atoms with Crippen LogP contribution in [-0.2, 0) is 11.3 Å². The Balaban J connectivity index is 1.56. The Kier molecular flexibility index (Phi) is 4.59. The van der Waals surface area contributed by atoms with Crippen LogP contribution < -0.4 is 5.32 Å². The Morgan fingerprint density at radius 1 is 1.22 bits per heavy atom. The fourth-order valence-electron chi connectivity index (χ4n) is 2.85. The summed E-state index contributed by atoms with van der Waals surface area (Å²) in [6.07, 6.45) is 0. The number of H-pyrrole nitrogens is 1. The van der Waals surface area contributed by atoms with E-state index in [2.05, 4.69) is 20.5 Å². The van der Waals surface area contributed by atoms with E-state index in [1.165, 1.54) is 0 Å². The zero-order chi connectivity index (χ0) is 19.0. The Morgan fingerprint density at radius 3 is 2.78 bits per heavy atom. The zero-order valence-corrected chi connectivity index (χ0v) is 16.4. The Morgan fingerprint density at radius 2 is 2.00 bits per heavy atom. The van der Waals surface area contributed by atoms with Crippen molar-refractivity contribution in [3.8, 4) is 11.4 Å². The molecule has 2 heterocycles. The van der Waals surface area contributed by atoms with Gasteiger partial charge in [-0.15, -0.1) is 11.3 Å². The number of fused-ring (bicyclic) bond motifs is 1. The number of hydrogen-bond donors (Lipinski definition) is 2. The minimum atomic E-state index is -0.165. The summed E-state index contributed by atoms with van der Waals surface area (Å²) in [6, 6.07) is 13.6. The third kappa shape index (κ3) is 3.67. The van der Waals surface area contributed by atoms with Gasteiger partial charge in [-0.25, -0.2) is 4.98 Å². The summed E-state index contributed by atoms with van der Waals surface area (Å²) in [5.41, 5.74) is 3.74. The minimum Gasteiger partial charge on any atom is -0.324 e. The van der Waals surface area contributed by atoms with Crippen molar-refractivity contribution < 1.29 is 4.79 Å². The van der Waals surface area contributed by atoms with E-state index in [1.54, 1.807) is 15.9 Å². The molecule has 4 aromatic rings. The third-order valence-corrected chi connectivity index (χ3v) is 5.39. The van der Waals surface area contributed by atoms with Crippen molar-refractivity contribution in [1.82, 2.24) is 19.7 Å². The summed E-state index contributed by atoms with van der Waals surface area (Å²) < 4.78 is 3.16. The molecule has 2 aromatic heterocycles. The van der Waals surface area contributed by atoms with Gasteiger partial charge in [0.05, 0.1) is 15.2 Å². The van der Waals surface area contributed by atoms with Crippen LogP contribution in [0.15, 0.2) is 42.5 Å². The lowest BCUT2D eigenvalue weighted by molar-refractivity contribution is -0.116. The quantitative estimate of drug-likeness (QED) is 0.500. The van der Waals surface area contributed by atoms with Crippen LogP contribution >= 0.6 is 23.6 Å². The molecule has 0 saturated heterocycles. The number of aryl methyl sites for hydroxylation is 2. The van der Waals surface area contributed by atoms with E-state index in [0.29, 0.717) is 10.6 Å². The maximum Gasteiger partial charge on any atom is 0.244 e. The van der Waals surface area contributed by atoms with E-state index in [1.807, 2.05) is 56.3 Å². The molecule has 6 nitrogen and oxygen atoms in total. The average Bonchev–Trinajstić information content (AvgIpc) is 3.17. The smallest absolute Gasteiger partial charge is 0.244 e. The first-order valence-electron chi connectivity index (χ1n) is 8.39. The van der Waals surface area contributed by atoms with Gasteiger partial charge in [0, 0.05) is 11.3 Å². The fourth-order valence-corrected chi connectivity index (χ4v) is 3.91. The highest BCUT2D eigenvalue weighted by molar-refractivity contribution is 7.71. The molecule has 2 N–H and O–H groups in total. The summed E-state index contributed by atoms with van der Waals surface area (Å²) in [7, 11) is 0. The number of amides is 1. The van der Waals surface area contributed by atoms with Crippen LogP contribution in [0.2, 0.25) is 0 Å². The molecule has 0 spiro atoms. The van der Waals surface area contributed by atoms with Crippen molar-refractivity contribution in [2.24, 2.45) is 0 Å². The summed E-state index contributed by atoms with van der Waals surface area (Å²) in [4.78, 5) is 17.0. The molecule has 0 aliphatic carbocycles. The van der Waals surface area contributed by atoms with Gasteiger partial charge in [-0.05, 0) is 44.3 Å². The number of anilines is 1. The molecule has 0 aliphatic rings. The van der Waals surface area contributed by atoms with E-state index in [-0.39, 0.29) is 12.5 Å². The number of aromatic amines is 1. The van der Waals surface area contributed by atoms with E-state index < -0.39 is 0 Å². The first-order chi connectivity index (χ1) is 13.0. The van der Waals surface area contributed by atoms with Gasteiger partial charge in [0.25, 0.3) is 0 Å². The van der Waals surface area contributed by atoms with Gasteiger partial charge in [0.2, 0.25) is 5.91 Å². The van der Waals surface area contributed by atoms with Crippen molar-refractivity contribution in [1.29, 1.82) is 0 Å². The fraction of sp³-hybridized carbons (Fsp3) is 0.158. The van der Waals surface area contributed by atoms with Gasteiger partial charge in [-0.1, -0.05) is 29.8 Å².